The number of rotatable bonds is 2. The summed E-state index contributed by atoms with van der Waals surface area (Å²) in [5, 5.41) is 9.65. The van der Waals surface area contributed by atoms with Crippen molar-refractivity contribution in [1.29, 1.82) is 0 Å². The highest BCUT2D eigenvalue weighted by atomic mass is 32.2. The lowest BCUT2D eigenvalue weighted by atomic mass is 10.1. The van der Waals surface area contributed by atoms with Gasteiger partial charge in [-0.15, -0.1) is 0 Å². The SMILES string of the molecule is Cc1ccc2c(c1C)NC(=O)C(CC(=O)O)S2(=O)=O. The van der Waals surface area contributed by atoms with Gasteiger partial charge in [-0.25, -0.2) is 8.42 Å². The van der Waals surface area contributed by atoms with Crippen molar-refractivity contribution in [2.24, 2.45) is 0 Å². The van der Waals surface area contributed by atoms with Crippen LogP contribution in [0.5, 0.6) is 0 Å². The van der Waals surface area contributed by atoms with Gasteiger partial charge in [0, 0.05) is 0 Å². The van der Waals surface area contributed by atoms with E-state index in [9.17, 15) is 18.0 Å². The second-order valence-corrected chi connectivity index (χ2v) is 6.60. The molecule has 0 radical (unpaired) electrons. The number of carboxylic acid groups (broad SMARTS) is 1. The number of aliphatic carboxylic acids is 1. The summed E-state index contributed by atoms with van der Waals surface area (Å²) in [6, 6.07) is 3.04. The lowest BCUT2D eigenvalue weighted by molar-refractivity contribution is -0.138. The molecule has 0 saturated carbocycles. The van der Waals surface area contributed by atoms with Crippen LogP contribution in [-0.2, 0) is 19.4 Å². The minimum atomic E-state index is -3.96. The van der Waals surface area contributed by atoms with E-state index in [0.717, 1.165) is 5.56 Å². The molecule has 0 aliphatic carbocycles. The predicted molar refractivity (Wildman–Crippen MR) is 67.8 cm³/mol. The van der Waals surface area contributed by atoms with E-state index in [4.69, 9.17) is 5.11 Å². The summed E-state index contributed by atoms with van der Waals surface area (Å²) in [6.07, 6.45) is -0.736. The number of aryl methyl sites for hydroxylation is 1. The molecule has 1 atom stereocenters. The van der Waals surface area contributed by atoms with E-state index in [-0.39, 0.29) is 10.6 Å². The summed E-state index contributed by atoms with van der Waals surface area (Å²) in [5.41, 5.74) is 1.78. The maximum absolute atomic E-state index is 12.3. The van der Waals surface area contributed by atoms with Gasteiger partial charge in [0.15, 0.2) is 15.1 Å². The number of sulfone groups is 1. The van der Waals surface area contributed by atoms with Crippen LogP contribution < -0.4 is 5.32 Å². The predicted octanol–water partition coefficient (Wildman–Crippen LogP) is 0.873. The Morgan fingerprint density at radius 1 is 1.37 bits per heavy atom. The second-order valence-electron chi connectivity index (χ2n) is 4.50. The van der Waals surface area contributed by atoms with Gasteiger partial charge in [0.2, 0.25) is 5.91 Å². The number of benzene rings is 1. The third-order valence-corrected chi connectivity index (χ3v) is 5.36. The molecule has 0 aromatic heterocycles. The monoisotopic (exact) mass is 283 g/mol. The van der Waals surface area contributed by atoms with Gasteiger partial charge in [0.25, 0.3) is 0 Å². The highest BCUT2D eigenvalue weighted by Crippen LogP contribution is 2.35. The van der Waals surface area contributed by atoms with Crippen molar-refractivity contribution in [3.05, 3.63) is 23.3 Å². The van der Waals surface area contributed by atoms with Gasteiger partial charge in [-0.3, -0.25) is 9.59 Å². The fourth-order valence-electron chi connectivity index (χ4n) is 2.04. The first-order chi connectivity index (χ1) is 8.75. The molecule has 1 heterocycles. The lowest BCUT2D eigenvalue weighted by Gasteiger charge is -2.25. The van der Waals surface area contributed by atoms with Crippen LogP contribution >= 0.6 is 0 Å². The molecule has 0 saturated heterocycles. The number of hydrogen-bond donors (Lipinski definition) is 2. The largest absolute Gasteiger partial charge is 0.481 e. The van der Waals surface area contributed by atoms with Crippen molar-refractivity contribution >= 4 is 27.4 Å². The average Bonchev–Trinajstić information content (AvgIpc) is 2.30. The molecule has 1 aliphatic heterocycles. The molecule has 0 fully saturated rings. The second kappa shape index (κ2) is 4.34. The first-order valence-corrected chi connectivity index (χ1v) is 7.16. The van der Waals surface area contributed by atoms with Crippen LogP contribution in [0.2, 0.25) is 0 Å². The van der Waals surface area contributed by atoms with E-state index in [2.05, 4.69) is 5.32 Å². The Kier molecular flexibility index (Phi) is 3.09. The van der Waals surface area contributed by atoms with Gasteiger partial charge >= 0.3 is 5.97 Å². The first-order valence-electron chi connectivity index (χ1n) is 5.62. The highest BCUT2D eigenvalue weighted by molar-refractivity contribution is 7.93. The van der Waals surface area contributed by atoms with Crippen LogP contribution in [0.3, 0.4) is 0 Å². The molecule has 2 N–H and O–H groups in total. The van der Waals surface area contributed by atoms with Crippen LogP contribution in [0.25, 0.3) is 0 Å². The van der Waals surface area contributed by atoms with Crippen LogP contribution in [0.15, 0.2) is 17.0 Å². The van der Waals surface area contributed by atoms with Gasteiger partial charge in [-0.1, -0.05) is 6.07 Å². The van der Waals surface area contributed by atoms with E-state index in [1.807, 2.05) is 0 Å². The molecule has 1 aromatic rings. The molecule has 6 nitrogen and oxygen atoms in total. The number of hydrogen-bond acceptors (Lipinski definition) is 4. The number of carboxylic acids is 1. The average molecular weight is 283 g/mol. The van der Waals surface area contributed by atoms with Gasteiger partial charge in [0.1, 0.15) is 0 Å². The molecule has 102 valence electrons. The number of amides is 1. The molecule has 0 spiro atoms. The Bertz CT molecular complexity index is 678. The first kappa shape index (κ1) is 13.5. The van der Waals surface area contributed by atoms with Crippen molar-refractivity contribution in [2.75, 3.05) is 5.32 Å². The van der Waals surface area contributed by atoms with Crippen LogP contribution in [0.4, 0.5) is 5.69 Å². The van der Waals surface area contributed by atoms with Crippen LogP contribution in [-0.4, -0.2) is 30.7 Å². The Hall–Kier alpha value is -1.89. The summed E-state index contributed by atoms with van der Waals surface area (Å²) in [7, 11) is -3.96. The van der Waals surface area contributed by atoms with Gasteiger partial charge in [-0.05, 0) is 31.0 Å². The van der Waals surface area contributed by atoms with Crippen molar-refractivity contribution in [3.8, 4) is 0 Å². The molecular weight excluding hydrogens is 270 g/mol. The number of carbonyl (C=O) groups excluding carboxylic acids is 1. The molecule has 1 unspecified atom stereocenters. The zero-order valence-corrected chi connectivity index (χ0v) is 11.2. The van der Waals surface area contributed by atoms with E-state index in [1.54, 1.807) is 19.9 Å². The fraction of sp³-hybridized carbons (Fsp3) is 0.333. The highest BCUT2D eigenvalue weighted by Gasteiger charge is 2.42. The summed E-state index contributed by atoms with van der Waals surface area (Å²) >= 11 is 0. The van der Waals surface area contributed by atoms with E-state index in [1.165, 1.54) is 6.07 Å². The van der Waals surface area contributed by atoms with Crippen molar-refractivity contribution in [1.82, 2.24) is 0 Å². The smallest absolute Gasteiger partial charge is 0.305 e. The standard InChI is InChI=1S/C12H13NO5S/c1-6-3-4-8-11(7(6)2)13-12(16)9(5-10(14)15)19(8,17)18/h3-4,9H,5H2,1-2H3,(H,13,16)(H,14,15). The van der Waals surface area contributed by atoms with Gasteiger partial charge < -0.3 is 10.4 Å². The summed E-state index contributed by atoms with van der Waals surface area (Å²) in [6.45, 7) is 3.51. The number of nitrogens with one attached hydrogen (secondary N) is 1. The number of carbonyl (C=O) groups is 2. The number of anilines is 1. The van der Waals surface area contributed by atoms with Crippen molar-refractivity contribution < 1.29 is 23.1 Å². The third kappa shape index (κ3) is 2.10. The quantitative estimate of drug-likeness (QED) is 0.838. The van der Waals surface area contributed by atoms with Gasteiger partial charge in [0.05, 0.1) is 17.0 Å². The molecule has 1 aliphatic rings. The van der Waals surface area contributed by atoms with E-state index < -0.39 is 33.4 Å². The van der Waals surface area contributed by atoms with E-state index >= 15 is 0 Å². The lowest BCUT2D eigenvalue weighted by Crippen LogP contribution is -2.41. The minimum absolute atomic E-state index is 0.0125. The molecule has 1 aromatic carbocycles. The third-order valence-electron chi connectivity index (χ3n) is 3.28. The van der Waals surface area contributed by atoms with Crippen LogP contribution in [0, 0.1) is 13.8 Å². The fourth-order valence-corrected chi connectivity index (χ4v) is 3.80. The molecule has 1 amide bonds. The van der Waals surface area contributed by atoms with Gasteiger partial charge in [-0.2, -0.15) is 0 Å². The summed E-state index contributed by atoms with van der Waals surface area (Å²) in [4.78, 5) is 22.5. The Morgan fingerprint density at radius 3 is 2.58 bits per heavy atom. The van der Waals surface area contributed by atoms with Crippen LogP contribution in [0.1, 0.15) is 17.5 Å². The van der Waals surface area contributed by atoms with E-state index in [0.29, 0.717) is 5.56 Å². The normalized spacial score (nSPS) is 20.5. The maximum Gasteiger partial charge on any atom is 0.305 e. The zero-order valence-electron chi connectivity index (χ0n) is 10.4. The topological polar surface area (TPSA) is 101 Å². The molecule has 2 rings (SSSR count). The Labute approximate surface area is 110 Å². The van der Waals surface area contributed by atoms with Crippen molar-refractivity contribution in [3.63, 3.8) is 0 Å². The minimum Gasteiger partial charge on any atom is -0.481 e. The summed E-state index contributed by atoms with van der Waals surface area (Å²) in [5.74, 6) is -2.11. The van der Waals surface area contributed by atoms with Crippen molar-refractivity contribution in [2.45, 2.75) is 30.4 Å². The molecule has 19 heavy (non-hydrogen) atoms. The zero-order chi connectivity index (χ0) is 14.4. The summed E-state index contributed by atoms with van der Waals surface area (Å²) < 4.78 is 24.6. The molecular formula is C12H13NO5S. The Morgan fingerprint density at radius 2 is 2.00 bits per heavy atom. The molecule has 0 bridgehead atoms. The molecule has 7 heteroatoms. The number of fused-ring (bicyclic) bond motifs is 1. The Balaban J connectivity index is 2.64. The maximum atomic E-state index is 12.3.